The van der Waals surface area contributed by atoms with Gasteiger partial charge in [0.2, 0.25) is 0 Å². The van der Waals surface area contributed by atoms with Crippen molar-refractivity contribution < 1.29 is 24.2 Å². The second-order valence-corrected chi connectivity index (χ2v) is 4.16. The van der Waals surface area contributed by atoms with Crippen LogP contribution in [0.3, 0.4) is 0 Å². The van der Waals surface area contributed by atoms with Gasteiger partial charge in [-0.25, -0.2) is 0 Å². The van der Waals surface area contributed by atoms with Crippen LogP contribution in [0.1, 0.15) is 29.7 Å². The van der Waals surface area contributed by atoms with E-state index in [0.717, 1.165) is 0 Å². The Labute approximate surface area is 98.2 Å². The number of amides is 1. The van der Waals surface area contributed by atoms with Crippen LogP contribution in [0.2, 0.25) is 0 Å². The fraction of sp³-hybridized carbons (Fsp3) is 0.455. The second kappa shape index (κ2) is 5.01. The molecule has 1 heterocycles. The molecule has 0 bridgehead atoms. The summed E-state index contributed by atoms with van der Waals surface area (Å²) < 4.78 is 5.08. The number of hydrogen-bond acceptors (Lipinski definition) is 4. The van der Waals surface area contributed by atoms with Crippen molar-refractivity contribution in [2.75, 3.05) is 6.54 Å². The summed E-state index contributed by atoms with van der Waals surface area (Å²) in [5.41, 5.74) is -1.48. The summed E-state index contributed by atoms with van der Waals surface area (Å²) in [6.07, 6.45) is -0.440. The normalized spacial score (nSPS) is 14.1. The molecule has 1 amide bonds. The quantitative estimate of drug-likeness (QED) is 0.698. The summed E-state index contributed by atoms with van der Waals surface area (Å²) >= 11 is 0. The van der Waals surface area contributed by atoms with Crippen LogP contribution in [-0.4, -0.2) is 34.2 Å². The molecule has 1 rings (SSSR count). The summed E-state index contributed by atoms with van der Waals surface area (Å²) in [6, 6.07) is 3.15. The first-order valence-corrected chi connectivity index (χ1v) is 5.09. The van der Waals surface area contributed by atoms with Gasteiger partial charge in [0.25, 0.3) is 5.91 Å². The molecule has 1 atom stereocenters. The van der Waals surface area contributed by atoms with Gasteiger partial charge in [-0.2, -0.15) is 0 Å². The maximum Gasteiger partial charge on any atom is 0.306 e. The van der Waals surface area contributed by atoms with Gasteiger partial charge in [0.05, 0.1) is 12.0 Å². The van der Waals surface area contributed by atoms with Gasteiger partial charge in [0.1, 0.15) is 5.76 Å². The monoisotopic (exact) mass is 241 g/mol. The van der Waals surface area contributed by atoms with Gasteiger partial charge in [0, 0.05) is 6.54 Å². The van der Waals surface area contributed by atoms with Gasteiger partial charge in [-0.05, 0) is 26.0 Å². The molecule has 0 aliphatic heterocycles. The number of nitrogens with one attached hydrogen (secondary N) is 1. The Morgan fingerprint density at radius 1 is 1.47 bits per heavy atom. The third kappa shape index (κ3) is 4.28. The van der Waals surface area contributed by atoms with Crippen LogP contribution in [0.4, 0.5) is 0 Å². The van der Waals surface area contributed by atoms with Crippen molar-refractivity contribution >= 4 is 11.9 Å². The van der Waals surface area contributed by atoms with E-state index >= 15 is 0 Å². The van der Waals surface area contributed by atoms with E-state index in [1.165, 1.54) is 13.0 Å². The molecule has 0 aromatic carbocycles. The lowest BCUT2D eigenvalue weighted by Gasteiger charge is -2.20. The number of carboxylic acid groups (broad SMARTS) is 1. The van der Waals surface area contributed by atoms with Crippen molar-refractivity contribution in [3.63, 3.8) is 0 Å². The van der Waals surface area contributed by atoms with Crippen LogP contribution in [0.25, 0.3) is 0 Å². The number of furan rings is 1. The number of aliphatic hydroxyl groups is 1. The molecule has 0 radical (unpaired) electrons. The number of carbonyl (C=O) groups excluding carboxylic acids is 1. The van der Waals surface area contributed by atoms with Gasteiger partial charge in [0.15, 0.2) is 5.76 Å². The lowest BCUT2D eigenvalue weighted by Crippen LogP contribution is -2.42. The van der Waals surface area contributed by atoms with E-state index < -0.39 is 23.9 Å². The number of carbonyl (C=O) groups is 2. The van der Waals surface area contributed by atoms with Crippen LogP contribution in [0.15, 0.2) is 16.5 Å². The van der Waals surface area contributed by atoms with E-state index in [1.807, 2.05) is 0 Å². The molecular formula is C11H15NO5. The number of carboxylic acids is 1. The van der Waals surface area contributed by atoms with Crippen LogP contribution < -0.4 is 5.32 Å². The zero-order valence-electron chi connectivity index (χ0n) is 9.69. The van der Waals surface area contributed by atoms with Crippen LogP contribution in [-0.2, 0) is 4.79 Å². The fourth-order valence-corrected chi connectivity index (χ4v) is 1.30. The molecule has 0 fully saturated rings. The maximum absolute atomic E-state index is 11.5. The minimum atomic E-state index is -1.48. The third-order valence-electron chi connectivity index (χ3n) is 2.13. The van der Waals surface area contributed by atoms with E-state index in [4.69, 9.17) is 9.52 Å². The van der Waals surface area contributed by atoms with Gasteiger partial charge in [-0.1, -0.05) is 0 Å². The smallest absolute Gasteiger partial charge is 0.306 e. The highest BCUT2D eigenvalue weighted by molar-refractivity contribution is 5.91. The number of rotatable bonds is 5. The van der Waals surface area contributed by atoms with E-state index in [9.17, 15) is 14.7 Å². The third-order valence-corrected chi connectivity index (χ3v) is 2.13. The maximum atomic E-state index is 11.5. The molecule has 1 aromatic heterocycles. The predicted octanol–water partition coefficient (Wildman–Crippen LogP) is 0.544. The standard InChI is InChI=1S/C11H15NO5/c1-7-3-4-8(17-7)10(15)12-6-11(2,16)5-9(13)14/h3-4,16H,5-6H2,1-2H3,(H,12,15)(H,13,14). The Hall–Kier alpha value is -1.82. The molecule has 1 unspecified atom stereocenters. The van der Waals surface area contributed by atoms with Gasteiger partial charge < -0.3 is 19.9 Å². The number of hydrogen-bond donors (Lipinski definition) is 3. The molecule has 0 saturated heterocycles. The van der Waals surface area contributed by atoms with E-state index in [-0.39, 0.29) is 12.3 Å². The van der Waals surface area contributed by atoms with Crippen molar-refractivity contribution in [3.05, 3.63) is 23.7 Å². The average Bonchev–Trinajstić information content (AvgIpc) is 2.59. The van der Waals surface area contributed by atoms with Crippen molar-refractivity contribution in [1.82, 2.24) is 5.32 Å². The summed E-state index contributed by atoms with van der Waals surface area (Å²) in [6.45, 7) is 2.89. The first-order chi connectivity index (χ1) is 7.80. The Morgan fingerprint density at radius 3 is 2.59 bits per heavy atom. The zero-order valence-corrected chi connectivity index (χ0v) is 9.69. The molecule has 0 spiro atoms. The zero-order chi connectivity index (χ0) is 13.1. The molecule has 0 aliphatic carbocycles. The lowest BCUT2D eigenvalue weighted by atomic mass is 10.0. The Morgan fingerprint density at radius 2 is 2.12 bits per heavy atom. The Kier molecular flexibility index (Phi) is 3.90. The molecule has 17 heavy (non-hydrogen) atoms. The highest BCUT2D eigenvalue weighted by Crippen LogP contribution is 2.09. The van der Waals surface area contributed by atoms with Crippen LogP contribution >= 0.6 is 0 Å². The minimum Gasteiger partial charge on any atom is -0.481 e. The summed E-state index contributed by atoms with van der Waals surface area (Å²) in [5, 5.41) is 20.6. The van der Waals surface area contributed by atoms with Gasteiger partial charge in [-0.15, -0.1) is 0 Å². The predicted molar refractivity (Wildman–Crippen MR) is 58.7 cm³/mol. The first kappa shape index (κ1) is 13.2. The van der Waals surface area contributed by atoms with Crippen molar-refractivity contribution in [3.8, 4) is 0 Å². The topological polar surface area (TPSA) is 99.8 Å². The van der Waals surface area contributed by atoms with Gasteiger partial charge in [-0.3, -0.25) is 9.59 Å². The van der Waals surface area contributed by atoms with Crippen LogP contribution in [0, 0.1) is 6.92 Å². The average molecular weight is 241 g/mol. The molecular weight excluding hydrogens is 226 g/mol. The van der Waals surface area contributed by atoms with Crippen molar-refractivity contribution in [1.29, 1.82) is 0 Å². The Balaban J connectivity index is 2.51. The van der Waals surface area contributed by atoms with E-state index in [2.05, 4.69) is 5.32 Å². The SMILES string of the molecule is Cc1ccc(C(=O)NCC(C)(O)CC(=O)O)o1. The first-order valence-electron chi connectivity index (χ1n) is 5.09. The molecule has 6 heteroatoms. The summed E-state index contributed by atoms with van der Waals surface area (Å²) in [5.74, 6) is -0.872. The van der Waals surface area contributed by atoms with E-state index in [1.54, 1.807) is 13.0 Å². The molecule has 3 N–H and O–H groups in total. The minimum absolute atomic E-state index is 0.133. The lowest BCUT2D eigenvalue weighted by molar-refractivity contribution is -0.141. The Bertz CT molecular complexity index is 421. The van der Waals surface area contributed by atoms with Crippen LogP contribution in [0.5, 0.6) is 0 Å². The van der Waals surface area contributed by atoms with Crippen molar-refractivity contribution in [2.45, 2.75) is 25.9 Å². The number of aliphatic carboxylic acids is 1. The second-order valence-electron chi connectivity index (χ2n) is 4.16. The molecule has 1 aromatic rings. The van der Waals surface area contributed by atoms with Gasteiger partial charge >= 0.3 is 5.97 Å². The molecule has 0 aliphatic rings. The highest BCUT2D eigenvalue weighted by Gasteiger charge is 2.25. The summed E-state index contributed by atoms with van der Waals surface area (Å²) in [7, 11) is 0. The summed E-state index contributed by atoms with van der Waals surface area (Å²) in [4.78, 5) is 22.0. The van der Waals surface area contributed by atoms with Crippen molar-refractivity contribution in [2.24, 2.45) is 0 Å². The largest absolute Gasteiger partial charge is 0.481 e. The molecule has 94 valence electrons. The fourth-order valence-electron chi connectivity index (χ4n) is 1.30. The molecule has 0 saturated carbocycles. The number of aryl methyl sites for hydroxylation is 1. The molecule has 6 nitrogen and oxygen atoms in total. The highest BCUT2D eigenvalue weighted by atomic mass is 16.4. The van der Waals surface area contributed by atoms with E-state index in [0.29, 0.717) is 5.76 Å².